The van der Waals surface area contributed by atoms with Crippen molar-refractivity contribution in [3.8, 4) is 0 Å². The topological polar surface area (TPSA) is 100 Å². The molecule has 0 radical (unpaired) electrons. The maximum atomic E-state index is 14.3. The van der Waals surface area contributed by atoms with Gasteiger partial charge in [-0.25, -0.2) is 12.8 Å². The second-order valence-electron chi connectivity index (χ2n) is 7.22. The number of halogens is 5. The van der Waals surface area contributed by atoms with Gasteiger partial charge < -0.3 is 15.0 Å². The standard InChI is InChI=1S/C18H18BrF4N3O4S/c1-26-9-13(25-31(29,30)17(4-5-17)6-7-27)15(14(16(26)28)18(21,22)23)24-12-3-2-10(19)8-11(12)20/h2-3,8-9,24-25,27H,4-7H2,1H3. The molecule has 3 N–H and O–H groups in total. The van der Waals surface area contributed by atoms with Gasteiger partial charge in [-0.1, -0.05) is 15.9 Å². The third-order valence-corrected chi connectivity index (χ3v) is 7.77. The summed E-state index contributed by atoms with van der Waals surface area (Å²) in [6.07, 6.45) is -3.91. The number of aliphatic hydroxyl groups is 1. The summed E-state index contributed by atoms with van der Waals surface area (Å²) in [5, 5.41) is 11.4. The van der Waals surface area contributed by atoms with E-state index in [0.29, 0.717) is 9.04 Å². The van der Waals surface area contributed by atoms with E-state index >= 15 is 0 Å². The van der Waals surface area contributed by atoms with Crippen molar-refractivity contribution in [3.63, 3.8) is 0 Å². The summed E-state index contributed by atoms with van der Waals surface area (Å²) in [7, 11) is -3.18. The molecule has 1 heterocycles. The number of hydrogen-bond acceptors (Lipinski definition) is 5. The third kappa shape index (κ3) is 4.58. The highest BCUT2D eigenvalue weighted by Gasteiger charge is 2.54. The van der Waals surface area contributed by atoms with Gasteiger partial charge in [0, 0.05) is 24.3 Å². The number of aliphatic hydroxyl groups excluding tert-OH is 1. The quantitative estimate of drug-likeness (QED) is 0.476. The lowest BCUT2D eigenvalue weighted by Crippen LogP contribution is -2.33. The van der Waals surface area contributed by atoms with Gasteiger partial charge >= 0.3 is 6.18 Å². The van der Waals surface area contributed by atoms with E-state index in [1.165, 1.54) is 6.07 Å². The van der Waals surface area contributed by atoms with E-state index in [4.69, 9.17) is 5.11 Å². The third-order valence-electron chi connectivity index (χ3n) is 5.04. The minimum Gasteiger partial charge on any atom is -0.396 e. The molecule has 0 saturated heterocycles. The Kier molecular flexibility index (Phi) is 6.15. The first-order chi connectivity index (χ1) is 14.3. The van der Waals surface area contributed by atoms with Gasteiger partial charge in [-0.2, -0.15) is 13.2 Å². The minimum absolute atomic E-state index is 0.0929. The molecule has 0 aliphatic heterocycles. The van der Waals surface area contributed by atoms with E-state index in [-0.39, 0.29) is 24.9 Å². The summed E-state index contributed by atoms with van der Waals surface area (Å²) in [4.78, 5) is 12.3. The van der Waals surface area contributed by atoms with Crippen molar-refractivity contribution < 1.29 is 31.1 Å². The van der Waals surface area contributed by atoms with Crippen LogP contribution in [0.2, 0.25) is 0 Å². The molecule has 1 aliphatic rings. The average Bonchev–Trinajstić information content (AvgIpc) is 3.42. The predicted octanol–water partition coefficient (Wildman–Crippen LogP) is 3.71. The van der Waals surface area contributed by atoms with Crippen LogP contribution in [-0.2, 0) is 23.2 Å². The smallest absolute Gasteiger partial charge is 0.396 e. The maximum absolute atomic E-state index is 14.3. The van der Waals surface area contributed by atoms with E-state index in [1.807, 2.05) is 0 Å². The van der Waals surface area contributed by atoms with E-state index in [0.717, 1.165) is 25.4 Å². The van der Waals surface area contributed by atoms with Gasteiger partial charge in [0.15, 0.2) is 0 Å². The Morgan fingerprint density at radius 3 is 2.42 bits per heavy atom. The molecule has 0 spiro atoms. The summed E-state index contributed by atoms with van der Waals surface area (Å²) in [6.45, 7) is -0.419. The van der Waals surface area contributed by atoms with Crippen LogP contribution >= 0.6 is 15.9 Å². The van der Waals surface area contributed by atoms with Crippen molar-refractivity contribution in [2.24, 2.45) is 7.05 Å². The number of alkyl halides is 3. The zero-order valence-electron chi connectivity index (χ0n) is 16.1. The van der Waals surface area contributed by atoms with Crippen LogP contribution in [0.5, 0.6) is 0 Å². The largest absolute Gasteiger partial charge is 0.423 e. The van der Waals surface area contributed by atoms with Crippen LogP contribution in [0.25, 0.3) is 0 Å². The van der Waals surface area contributed by atoms with Crippen LogP contribution in [0.1, 0.15) is 24.8 Å². The Hall–Kier alpha value is -2.12. The van der Waals surface area contributed by atoms with Gasteiger partial charge in [0.05, 0.1) is 21.8 Å². The van der Waals surface area contributed by atoms with Gasteiger partial charge in [-0.05, 0) is 37.5 Å². The first-order valence-corrected chi connectivity index (χ1v) is 11.2. The van der Waals surface area contributed by atoms with Crippen molar-refractivity contribution in [1.82, 2.24) is 4.57 Å². The van der Waals surface area contributed by atoms with Crippen molar-refractivity contribution in [1.29, 1.82) is 0 Å². The van der Waals surface area contributed by atoms with Crippen molar-refractivity contribution in [2.75, 3.05) is 16.6 Å². The predicted molar refractivity (Wildman–Crippen MR) is 110 cm³/mol. The second-order valence-corrected chi connectivity index (χ2v) is 10.2. The van der Waals surface area contributed by atoms with Crippen LogP contribution in [0, 0.1) is 5.82 Å². The Morgan fingerprint density at radius 2 is 1.90 bits per heavy atom. The molecule has 3 rings (SSSR count). The highest BCUT2D eigenvalue weighted by molar-refractivity contribution is 9.10. The number of aryl methyl sites for hydroxylation is 1. The Balaban J connectivity index is 2.19. The summed E-state index contributed by atoms with van der Waals surface area (Å²) < 4.78 is 83.0. The number of aromatic nitrogens is 1. The highest BCUT2D eigenvalue weighted by Crippen LogP contribution is 2.48. The molecule has 1 aromatic carbocycles. The van der Waals surface area contributed by atoms with Gasteiger partial charge in [0.2, 0.25) is 10.0 Å². The van der Waals surface area contributed by atoms with E-state index in [1.54, 1.807) is 0 Å². The molecule has 0 amide bonds. The van der Waals surface area contributed by atoms with Crippen LogP contribution in [0.15, 0.2) is 33.7 Å². The zero-order chi connectivity index (χ0) is 23.2. The fraction of sp³-hybridized carbons (Fsp3) is 0.389. The van der Waals surface area contributed by atoms with Crippen LogP contribution < -0.4 is 15.6 Å². The average molecular weight is 528 g/mol. The molecular formula is C18H18BrF4N3O4S. The molecular weight excluding hydrogens is 510 g/mol. The summed E-state index contributed by atoms with van der Waals surface area (Å²) in [5.74, 6) is -0.920. The highest BCUT2D eigenvalue weighted by atomic mass is 79.9. The molecule has 0 unspecified atom stereocenters. The van der Waals surface area contributed by atoms with E-state index in [9.17, 15) is 30.8 Å². The van der Waals surface area contributed by atoms with Gasteiger partial charge in [-0.15, -0.1) is 0 Å². The lowest BCUT2D eigenvalue weighted by Gasteiger charge is -2.22. The number of rotatable bonds is 7. The van der Waals surface area contributed by atoms with Crippen molar-refractivity contribution >= 4 is 43.0 Å². The molecule has 1 fully saturated rings. The lowest BCUT2D eigenvalue weighted by molar-refractivity contribution is -0.138. The summed E-state index contributed by atoms with van der Waals surface area (Å²) >= 11 is 3.03. The Labute approximate surface area is 183 Å². The molecule has 0 atom stereocenters. The number of anilines is 3. The first kappa shape index (κ1) is 23.5. The molecule has 13 heteroatoms. The Bertz CT molecular complexity index is 1180. The molecule has 170 valence electrons. The maximum Gasteiger partial charge on any atom is 0.423 e. The van der Waals surface area contributed by atoms with Gasteiger partial charge in [0.1, 0.15) is 11.4 Å². The van der Waals surface area contributed by atoms with E-state index < -0.39 is 55.9 Å². The Morgan fingerprint density at radius 1 is 1.26 bits per heavy atom. The molecule has 31 heavy (non-hydrogen) atoms. The fourth-order valence-electron chi connectivity index (χ4n) is 3.18. The van der Waals surface area contributed by atoms with Crippen LogP contribution in [0.3, 0.4) is 0 Å². The van der Waals surface area contributed by atoms with Gasteiger partial charge in [-0.3, -0.25) is 9.52 Å². The normalized spacial score (nSPS) is 15.6. The lowest BCUT2D eigenvalue weighted by atomic mass is 10.1. The fourth-order valence-corrected chi connectivity index (χ4v) is 5.17. The molecule has 0 bridgehead atoms. The minimum atomic E-state index is -5.16. The van der Waals surface area contributed by atoms with Crippen molar-refractivity contribution in [3.05, 3.63) is 50.6 Å². The number of pyridine rings is 1. The van der Waals surface area contributed by atoms with Gasteiger partial charge in [0.25, 0.3) is 5.56 Å². The van der Waals surface area contributed by atoms with E-state index in [2.05, 4.69) is 26.0 Å². The molecule has 7 nitrogen and oxygen atoms in total. The summed E-state index contributed by atoms with van der Waals surface area (Å²) in [5.41, 5.74) is -4.99. The van der Waals surface area contributed by atoms with Crippen LogP contribution in [-0.4, -0.2) is 29.4 Å². The second kappa shape index (κ2) is 8.10. The summed E-state index contributed by atoms with van der Waals surface area (Å²) in [6, 6.07) is 3.51. The number of benzene rings is 1. The number of nitrogens with one attached hydrogen (secondary N) is 2. The SMILES string of the molecule is Cn1cc(NS(=O)(=O)C2(CCO)CC2)c(Nc2ccc(Br)cc2F)c(C(F)(F)F)c1=O. The number of nitrogens with zero attached hydrogens (tertiary/aromatic N) is 1. The molecule has 1 aliphatic carbocycles. The van der Waals surface area contributed by atoms with Crippen molar-refractivity contribution in [2.45, 2.75) is 30.2 Å². The molecule has 2 aromatic rings. The number of hydrogen-bond donors (Lipinski definition) is 3. The zero-order valence-corrected chi connectivity index (χ0v) is 18.5. The molecule has 1 aromatic heterocycles. The van der Waals surface area contributed by atoms with Crippen LogP contribution in [0.4, 0.5) is 34.6 Å². The monoisotopic (exact) mass is 527 g/mol. The first-order valence-electron chi connectivity index (χ1n) is 8.97. The molecule has 1 saturated carbocycles. The number of sulfonamides is 1.